The van der Waals surface area contributed by atoms with Crippen molar-refractivity contribution < 1.29 is 14.7 Å². The molecule has 164 valence electrons. The molecule has 0 aliphatic heterocycles. The fraction of sp³-hybridized carbons (Fsp3) is 0.348. The zero-order valence-electron chi connectivity index (χ0n) is 18.0. The van der Waals surface area contributed by atoms with Crippen LogP contribution in [0, 0.1) is 0 Å². The standard InChI is InChI=1S/C23H29N5O3/c1-28(17-12-14-18(31-2)15-13-17)22-19-9-6-7-10-20(19)25-23(26-22)24-16-8-4-3-5-11-21(29)27-30/h6-7,9-10,12-15,30H,3-5,8,11,16H2,1-2H3,(H,27,29)(H,24,25,26). The molecule has 0 saturated carbocycles. The van der Waals surface area contributed by atoms with Crippen LogP contribution in [-0.4, -0.2) is 41.8 Å². The van der Waals surface area contributed by atoms with E-state index in [4.69, 9.17) is 14.9 Å². The number of hydrogen-bond donors (Lipinski definition) is 3. The van der Waals surface area contributed by atoms with Gasteiger partial charge in [-0.3, -0.25) is 10.0 Å². The lowest BCUT2D eigenvalue weighted by Gasteiger charge is -2.21. The first-order valence-corrected chi connectivity index (χ1v) is 10.4. The summed E-state index contributed by atoms with van der Waals surface area (Å²) in [7, 11) is 3.64. The second kappa shape index (κ2) is 11.1. The predicted octanol–water partition coefficient (Wildman–Crippen LogP) is 4.27. The first-order valence-electron chi connectivity index (χ1n) is 10.4. The zero-order chi connectivity index (χ0) is 22.1. The quantitative estimate of drug-likeness (QED) is 0.240. The minimum absolute atomic E-state index is 0.337. The van der Waals surface area contributed by atoms with Crippen LogP contribution >= 0.6 is 0 Å². The smallest absolute Gasteiger partial charge is 0.243 e. The Hall–Kier alpha value is -3.39. The van der Waals surface area contributed by atoms with E-state index in [1.807, 2.05) is 60.5 Å². The summed E-state index contributed by atoms with van der Waals surface area (Å²) >= 11 is 0. The van der Waals surface area contributed by atoms with Crippen LogP contribution in [0.2, 0.25) is 0 Å². The molecular weight excluding hydrogens is 394 g/mol. The van der Waals surface area contributed by atoms with Gasteiger partial charge in [0.05, 0.1) is 12.6 Å². The fourth-order valence-electron chi connectivity index (χ4n) is 3.34. The van der Waals surface area contributed by atoms with E-state index in [9.17, 15) is 4.79 Å². The summed E-state index contributed by atoms with van der Waals surface area (Å²) in [5, 5.41) is 12.8. The van der Waals surface area contributed by atoms with E-state index in [1.54, 1.807) is 12.6 Å². The maximum atomic E-state index is 11.0. The van der Waals surface area contributed by atoms with Crippen LogP contribution in [0.4, 0.5) is 17.5 Å². The summed E-state index contributed by atoms with van der Waals surface area (Å²) < 4.78 is 5.26. The summed E-state index contributed by atoms with van der Waals surface area (Å²) in [5.41, 5.74) is 3.54. The number of unbranched alkanes of at least 4 members (excludes halogenated alkanes) is 3. The number of hydroxylamine groups is 1. The zero-order valence-corrected chi connectivity index (χ0v) is 18.0. The molecule has 3 aromatic rings. The predicted molar refractivity (Wildman–Crippen MR) is 122 cm³/mol. The van der Waals surface area contributed by atoms with Gasteiger partial charge < -0.3 is 15.0 Å². The monoisotopic (exact) mass is 423 g/mol. The number of anilines is 3. The van der Waals surface area contributed by atoms with E-state index in [-0.39, 0.29) is 5.91 Å². The number of nitrogens with one attached hydrogen (secondary N) is 2. The Morgan fingerprint density at radius 2 is 1.77 bits per heavy atom. The van der Waals surface area contributed by atoms with E-state index in [1.165, 1.54) is 0 Å². The van der Waals surface area contributed by atoms with Crippen molar-refractivity contribution in [2.24, 2.45) is 0 Å². The number of fused-ring (bicyclic) bond motifs is 1. The van der Waals surface area contributed by atoms with Gasteiger partial charge in [0.2, 0.25) is 11.9 Å². The molecule has 0 spiro atoms. The SMILES string of the molecule is COc1ccc(N(C)c2nc(NCCCCCCC(=O)NO)nc3ccccc23)cc1. The Balaban J connectivity index is 1.67. The number of ether oxygens (including phenoxy) is 1. The van der Waals surface area contributed by atoms with Crippen molar-refractivity contribution in [3.05, 3.63) is 48.5 Å². The Kier molecular flexibility index (Phi) is 8.00. The highest BCUT2D eigenvalue weighted by Crippen LogP contribution is 2.30. The Bertz CT molecular complexity index is 994. The minimum Gasteiger partial charge on any atom is -0.497 e. The average Bonchev–Trinajstić information content (AvgIpc) is 2.82. The summed E-state index contributed by atoms with van der Waals surface area (Å²) in [6.07, 6.45) is 3.96. The van der Waals surface area contributed by atoms with Crippen molar-refractivity contribution in [2.75, 3.05) is 30.9 Å². The topological polar surface area (TPSA) is 99.6 Å². The molecule has 31 heavy (non-hydrogen) atoms. The first kappa shape index (κ1) is 22.3. The summed E-state index contributed by atoms with van der Waals surface area (Å²) in [6.45, 7) is 0.746. The highest BCUT2D eigenvalue weighted by atomic mass is 16.5. The van der Waals surface area contributed by atoms with E-state index in [2.05, 4.69) is 10.3 Å². The first-order chi connectivity index (χ1) is 15.1. The number of carbonyl (C=O) groups is 1. The third kappa shape index (κ3) is 6.05. The van der Waals surface area contributed by atoms with Gasteiger partial charge in [0.1, 0.15) is 11.6 Å². The molecule has 0 aliphatic carbocycles. The lowest BCUT2D eigenvalue weighted by molar-refractivity contribution is -0.129. The molecular formula is C23H29N5O3. The Morgan fingerprint density at radius 3 is 2.52 bits per heavy atom. The fourth-order valence-corrected chi connectivity index (χ4v) is 3.34. The molecule has 0 unspecified atom stereocenters. The maximum Gasteiger partial charge on any atom is 0.243 e. The Morgan fingerprint density at radius 1 is 1.03 bits per heavy atom. The highest BCUT2D eigenvalue weighted by molar-refractivity contribution is 5.92. The van der Waals surface area contributed by atoms with Crippen molar-refractivity contribution in [1.82, 2.24) is 15.4 Å². The summed E-state index contributed by atoms with van der Waals surface area (Å²) in [6, 6.07) is 15.8. The number of hydrogen-bond acceptors (Lipinski definition) is 7. The second-order valence-electron chi connectivity index (χ2n) is 7.27. The van der Waals surface area contributed by atoms with Crippen LogP contribution in [0.15, 0.2) is 48.5 Å². The number of benzene rings is 2. The molecule has 0 fully saturated rings. The van der Waals surface area contributed by atoms with Gasteiger partial charge in [-0.15, -0.1) is 0 Å². The molecule has 8 nitrogen and oxygen atoms in total. The molecule has 3 N–H and O–H groups in total. The molecule has 3 rings (SSSR count). The normalized spacial score (nSPS) is 10.7. The van der Waals surface area contributed by atoms with Crippen LogP contribution in [0.5, 0.6) is 5.75 Å². The minimum atomic E-state index is -0.337. The van der Waals surface area contributed by atoms with Crippen molar-refractivity contribution >= 4 is 34.3 Å². The highest BCUT2D eigenvalue weighted by Gasteiger charge is 2.13. The molecule has 0 saturated heterocycles. The molecule has 0 bridgehead atoms. The van der Waals surface area contributed by atoms with Gasteiger partial charge >= 0.3 is 0 Å². The largest absolute Gasteiger partial charge is 0.497 e. The molecule has 2 aromatic carbocycles. The van der Waals surface area contributed by atoms with E-state index in [0.717, 1.165) is 60.4 Å². The van der Waals surface area contributed by atoms with Gasteiger partial charge in [0.15, 0.2) is 0 Å². The van der Waals surface area contributed by atoms with Gasteiger partial charge in [0.25, 0.3) is 0 Å². The van der Waals surface area contributed by atoms with Crippen LogP contribution < -0.4 is 20.4 Å². The molecule has 1 heterocycles. The number of amides is 1. The second-order valence-corrected chi connectivity index (χ2v) is 7.27. The lowest BCUT2D eigenvalue weighted by Crippen LogP contribution is -2.17. The van der Waals surface area contributed by atoms with Gasteiger partial charge in [-0.2, -0.15) is 4.98 Å². The van der Waals surface area contributed by atoms with E-state index in [0.29, 0.717) is 12.4 Å². The van der Waals surface area contributed by atoms with Crippen LogP contribution in [0.25, 0.3) is 10.9 Å². The lowest BCUT2D eigenvalue weighted by atomic mass is 10.1. The van der Waals surface area contributed by atoms with Crippen molar-refractivity contribution in [1.29, 1.82) is 0 Å². The van der Waals surface area contributed by atoms with Crippen LogP contribution in [0.1, 0.15) is 32.1 Å². The van der Waals surface area contributed by atoms with Gasteiger partial charge in [-0.05, 0) is 49.2 Å². The molecule has 0 atom stereocenters. The third-order valence-corrected chi connectivity index (χ3v) is 5.10. The van der Waals surface area contributed by atoms with Crippen LogP contribution in [0.3, 0.4) is 0 Å². The molecule has 0 radical (unpaired) electrons. The van der Waals surface area contributed by atoms with Crippen molar-refractivity contribution in [2.45, 2.75) is 32.1 Å². The van der Waals surface area contributed by atoms with Gasteiger partial charge in [-0.25, -0.2) is 10.5 Å². The van der Waals surface area contributed by atoms with Gasteiger partial charge in [-0.1, -0.05) is 25.0 Å². The molecule has 1 aromatic heterocycles. The number of aromatic nitrogens is 2. The summed E-state index contributed by atoms with van der Waals surface area (Å²) in [5.74, 6) is 1.89. The molecule has 8 heteroatoms. The number of nitrogens with zero attached hydrogens (tertiary/aromatic N) is 3. The molecule has 1 amide bonds. The maximum absolute atomic E-state index is 11.0. The van der Waals surface area contributed by atoms with E-state index >= 15 is 0 Å². The number of para-hydroxylation sites is 1. The number of rotatable bonds is 11. The Labute approximate surface area is 182 Å². The third-order valence-electron chi connectivity index (χ3n) is 5.10. The van der Waals surface area contributed by atoms with E-state index < -0.39 is 0 Å². The molecule has 0 aliphatic rings. The van der Waals surface area contributed by atoms with Crippen molar-refractivity contribution in [3.63, 3.8) is 0 Å². The number of methoxy groups -OCH3 is 1. The van der Waals surface area contributed by atoms with Gasteiger partial charge in [0, 0.05) is 31.1 Å². The van der Waals surface area contributed by atoms with Crippen molar-refractivity contribution in [3.8, 4) is 5.75 Å². The summed E-state index contributed by atoms with van der Waals surface area (Å²) in [4.78, 5) is 22.5. The number of carbonyl (C=O) groups excluding carboxylic acids is 1. The average molecular weight is 424 g/mol. The van der Waals surface area contributed by atoms with Crippen LogP contribution in [-0.2, 0) is 4.79 Å².